The lowest BCUT2D eigenvalue weighted by Crippen LogP contribution is -2.11. The SMILES string of the molecule is Cn1cc(C(=O)C(=O)O)cn1. The number of carbonyl (C=O) groups is 2. The number of carboxylic acids is 1. The third-order valence-corrected chi connectivity index (χ3v) is 1.16. The fourth-order valence-corrected chi connectivity index (χ4v) is 0.662. The van der Waals surface area contributed by atoms with Crippen LogP contribution in [0.3, 0.4) is 0 Å². The molecular formula is C6H6N2O3. The lowest BCUT2D eigenvalue weighted by molar-refractivity contribution is -0.131. The molecule has 0 unspecified atom stereocenters. The minimum absolute atomic E-state index is 0.0972. The van der Waals surface area contributed by atoms with Crippen molar-refractivity contribution in [2.45, 2.75) is 0 Å². The van der Waals surface area contributed by atoms with Crippen LogP contribution in [-0.4, -0.2) is 26.6 Å². The van der Waals surface area contributed by atoms with Gasteiger partial charge in [-0.3, -0.25) is 9.48 Å². The fraction of sp³-hybridized carbons (Fsp3) is 0.167. The quantitative estimate of drug-likeness (QED) is 0.468. The highest BCUT2D eigenvalue weighted by atomic mass is 16.4. The maximum absolute atomic E-state index is 10.7. The van der Waals surface area contributed by atoms with Crippen molar-refractivity contribution in [3.63, 3.8) is 0 Å². The maximum Gasteiger partial charge on any atom is 0.377 e. The van der Waals surface area contributed by atoms with Crippen LogP contribution in [0, 0.1) is 0 Å². The van der Waals surface area contributed by atoms with Crippen LogP contribution >= 0.6 is 0 Å². The van der Waals surface area contributed by atoms with Gasteiger partial charge in [0.1, 0.15) is 0 Å². The Morgan fingerprint density at radius 2 is 2.27 bits per heavy atom. The van der Waals surface area contributed by atoms with E-state index in [2.05, 4.69) is 5.10 Å². The molecule has 1 aromatic heterocycles. The van der Waals surface area contributed by atoms with Crippen LogP contribution in [-0.2, 0) is 11.8 Å². The van der Waals surface area contributed by atoms with Gasteiger partial charge in [-0.2, -0.15) is 5.10 Å². The summed E-state index contributed by atoms with van der Waals surface area (Å²) in [6, 6.07) is 0. The highest BCUT2D eigenvalue weighted by Gasteiger charge is 2.15. The van der Waals surface area contributed by atoms with E-state index in [1.807, 2.05) is 0 Å². The van der Waals surface area contributed by atoms with Gasteiger partial charge in [0.25, 0.3) is 5.78 Å². The number of hydrogen-bond donors (Lipinski definition) is 1. The van der Waals surface area contributed by atoms with Crippen molar-refractivity contribution in [1.29, 1.82) is 0 Å². The van der Waals surface area contributed by atoms with Gasteiger partial charge in [0, 0.05) is 13.2 Å². The van der Waals surface area contributed by atoms with E-state index in [0.29, 0.717) is 0 Å². The molecule has 0 fully saturated rings. The van der Waals surface area contributed by atoms with Crippen LogP contribution in [0.25, 0.3) is 0 Å². The molecule has 0 aromatic carbocycles. The first-order chi connectivity index (χ1) is 5.11. The van der Waals surface area contributed by atoms with Crippen LogP contribution in [0.2, 0.25) is 0 Å². The summed E-state index contributed by atoms with van der Waals surface area (Å²) < 4.78 is 1.37. The molecule has 11 heavy (non-hydrogen) atoms. The predicted molar refractivity (Wildman–Crippen MR) is 35.2 cm³/mol. The molecule has 0 atom stereocenters. The zero-order chi connectivity index (χ0) is 8.43. The lowest BCUT2D eigenvalue weighted by Gasteiger charge is -1.85. The zero-order valence-corrected chi connectivity index (χ0v) is 5.81. The van der Waals surface area contributed by atoms with Crippen LogP contribution in [0.1, 0.15) is 10.4 Å². The number of ketones is 1. The first-order valence-electron chi connectivity index (χ1n) is 2.87. The van der Waals surface area contributed by atoms with Crippen molar-refractivity contribution in [2.75, 3.05) is 0 Å². The largest absolute Gasteiger partial charge is 0.475 e. The normalized spacial score (nSPS) is 9.55. The molecule has 0 saturated carbocycles. The number of aromatic nitrogens is 2. The Kier molecular flexibility index (Phi) is 1.72. The van der Waals surface area contributed by atoms with Crippen molar-refractivity contribution < 1.29 is 14.7 Å². The minimum Gasteiger partial charge on any atom is -0.475 e. The van der Waals surface area contributed by atoms with Crippen LogP contribution in [0.4, 0.5) is 0 Å². The molecule has 0 radical (unpaired) electrons. The van der Waals surface area contributed by atoms with E-state index in [-0.39, 0.29) is 5.56 Å². The summed E-state index contributed by atoms with van der Waals surface area (Å²) in [7, 11) is 1.61. The molecular weight excluding hydrogens is 148 g/mol. The molecule has 5 heteroatoms. The summed E-state index contributed by atoms with van der Waals surface area (Å²) in [6.45, 7) is 0. The van der Waals surface area contributed by atoms with Gasteiger partial charge in [0.05, 0.1) is 11.8 Å². The number of hydrogen-bond acceptors (Lipinski definition) is 3. The average Bonchev–Trinajstić information content (AvgIpc) is 2.34. The molecule has 1 N–H and O–H groups in total. The molecule has 0 saturated heterocycles. The summed E-state index contributed by atoms with van der Waals surface area (Å²) in [5, 5.41) is 11.9. The number of carboxylic acid groups (broad SMARTS) is 1. The number of rotatable bonds is 2. The van der Waals surface area contributed by atoms with Gasteiger partial charge < -0.3 is 5.11 Å². The third-order valence-electron chi connectivity index (χ3n) is 1.16. The molecule has 1 heterocycles. The Morgan fingerprint density at radius 3 is 2.64 bits per heavy atom. The molecule has 1 aromatic rings. The monoisotopic (exact) mass is 154 g/mol. The van der Waals surface area contributed by atoms with E-state index in [9.17, 15) is 9.59 Å². The summed E-state index contributed by atoms with van der Waals surface area (Å²) in [5.74, 6) is -2.39. The standard InChI is InChI=1S/C6H6N2O3/c1-8-3-4(2-7-8)5(9)6(10)11/h2-3H,1H3,(H,10,11). The zero-order valence-electron chi connectivity index (χ0n) is 5.81. The second-order valence-corrected chi connectivity index (χ2v) is 2.04. The first-order valence-corrected chi connectivity index (χ1v) is 2.87. The van der Waals surface area contributed by atoms with E-state index < -0.39 is 11.8 Å². The third kappa shape index (κ3) is 1.43. The second kappa shape index (κ2) is 2.53. The molecule has 0 aliphatic carbocycles. The van der Waals surface area contributed by atoms with Crippen molar-refractivity contribution in [3.8, 4) is 0 Å². The van der Waals surface area contributed by atoms with Gasteiger partial charge in [0.15, 0.2) is 0 Å². The molecule has 0 aliphatic rings. The topological polar surface area (TPSA) is 72.2 Å². The van der Waals surface area contributed by atoms with E-state index in [1.54, 1.807) is 7.05 Å². The number of carbonyl (C=O) groups excluding carboxylic acids is 1. The molecule has 58 valence electrons. The van der Waals surface area contributed by atoms with Gasteiger partial charge in [-0.1, -0.05) is 0 Å². The van der Waals surface area contributed by atoms with E-state index >= 15 is 0 Å². The highest BCUT2D eigenvalue weighted by Crippen LogP contribution is 1.96. The molecule has 0 aliphatic heterocycles. The summed E-state index contributed by atoms with van der Waals surface area (Å²) in [6.07, 6.45) is 2.58. The van der Waals surface area contributed by atoms with Crippen LogP contribution < -0.4 is 0 Å². The van der Waals surface area contributed by atoms with Gasteiger partial charge in [-0.25, -0.2) is 4.79 Å². The van der Waals surface area contributed by atoms with Gasteiger partial charge in [-0.05, 0) is 0 Å². The van der Waals surface area contributed by atoms with Crippen LogP contribution in [0.5, 0.6) is 0 Å². The van der Waals surface area contributed by atoms with Crippen molar-refractivity contribution >= 4 is 11.8 Å². The lowest BCUT2D eigenvalue weighted by atomic mass is 10.2. The van der Waals surface area contributed by atoms with Crippen molar-refractivity contribution in [3.05, 3.63) is 18.0 Å². The summed E-state index contributed by atoms with van der Waals surface area (Å²) in [4.78, 5) is 20.8. The number of Topliss-reactive ketones (excluding diaryl/α,β-unsaturated/α-hetero) is 1. The number of aliphatic carboxylic acids is 1. The van der Waals surface area contributed by atoms with Gasteiger partial charge >= 0.3 is 5.97 Å². The minimum atomic E-state index is -1.46. The maximum atomic E-state index is 10.7. The Morgan fingerprint density at radius 1 is 1.64 bits per heavy atom. The van der Waals surface area contributed by atoms with E-state index in [0.717, 1.165) is 0 Å². The predicted octanol–water partition coefficient (Wildman–Crippen LogP) is -0.313. The fourth-order valence-electron chi connectivity index (χ4n) is 0.662. The Labute approximate surface area is 62.3 Å². The molecule has 0 bridgehead atoms. The van der Waals surface area contributed by atoms with Crippen molar-refractivity contribution in [2.24, 2.45) is 7.05 Å². The molecule has 5 nitrogen and oxygen atoms in total. The smallest absolute Gasteiger partial charge is 0.377 e. The van der Waals surface area contributed by atoms with E-state index in [1.165, 1.54) is 17.1 Å². The Balaban J connectivity index is 2.94. The van der Waals surface area contributed by atoms with Gasteiger partial charge in [0.2, 0.25) is 0 Å². The Hall–Kier alpha value is -1.65. The Bertz CT molecular complexity index is 303. The number of aryl methyl sites for hydroxylation is 1. The summed E-state index contributed by atoms with van der Waals surface area (Å²) >= 11 is 0. The van der Waals surface area contributed by atoms with Crippen molar-refractivity contribution in [1.82, 2.24) is 9.78 Å². The number of nitrogens with zero attached hydrogens (tertiary/aromatic N) is 2. The van der Waals surface area contributed by atoms with E-state index in [4.69, 9.17) is 5.11 Å². The first kappa shape index (κ1) is 7.46. The van der Waals surface area contributed by atoms with Crippen LogP contribution in [0.15, 0.2) is 12.4 Å². The highest BCUT2D eigenvalue weighted by molar-refractivity contribution is 6.39. The molecule has 0 spiro atoms. The average molecular weight is 154 g/mol. The molecule has 0 amide bonds. The molecule has 1 rings (SSSR count). The summed E-state index contributed by atoms with van der Waals surface area (Å²) in [5.41, 5.74) is 0.0972. The second-order valence-electron chi connectivity index (χ2n) is 2.04. The van der Waals surface area contributed by atoms with Gasteiger partial charge in [-0.15, -0.1) is 0 Å².